The van der Waals surface area contributed by atoms with Gasteiger partial charge in [-0.2, -0.15) is 24.2 Å². The maximum absolute atomic E-state index is 7.94. The molecule has 612 valence electrons. The van der Waals surface area contributed by atoms with E-state index in [0.717, 1.165) is 197 Å². The number of fused-ring (bicyclic) bond motifs is 6. The van der Waals surface area contributed by atoms with Crippen LogP contribution in [-0.4, -0.2) is 153 Å². The number of ether oxygens (including phenoxy) is 5. The molecule has 6 aromatic heterocycles. The van der Waals surface area contributed by atoms with E-state index < -0.39 is 0 Å². The number of hydrogen-bond donors (Lipinski definition) is 2. The molecule has 8 aromatic rings. The number of anilines is 3. The van der Waals surface area contributed by atoms with Crippen molar-refractivity contribution in [2.45, 2.75) is 90.5 Å². The zero-order valence-corrected chi connectivity index (χ0v) is 95.9. The number of aliphatic hydroxyl groups is 1. The Bertz CT molecular complexity index is 4280. The predicted molar refractivity (Wildman–Crippen MR) is 570 cm³/mol. The van der Waals surface area contributed by atoms with Crippen molar-refractivity contribution in [1.29, 1.82) is 0 Å². The molecular weight excluding hydrogens is 2040 g/mol. The molecule has 0 amide bonds. The van der Waals surface area contributed by atoms with Gasteiger partial charge in [-0.1, -0.05) is 50.2 Å². The van der Waals surface area contributed by atoms with Crippen molar-refractivity contribution in [3.8, 4) is 0 Å². The Balaban J connectivity index is 0.000000161. The molecule has 6 aliphatic heterocycles. The lowest BCUT2D eigenvalue weighted by Gasteiger charge is -2.52. The van der Waals surface area contributed by atoms with E-state index in [4.69, 9.17) is 84.0 Å². The molecule has 4 saturated heterocycles. The number of aliphatic hydroxyl groups excluding tert-OH is 1. The first kappa shape index (κ1) is 101. The molecular formula is C57H102Cl3N14O6P31. The summed E-state index contributed by atoms with van der Waals surface area (Å²) < 4.78 is 31.2. The summed E-state index contributed by atoms with van der Waals surface area (Å²) in [7, 11) is 55.4. The highest BCUT2D eigenvalue weighted by atomic mass is 35.5. The van der Waals surface area contributed by atoms with Crippen LogP contribution in [0.1, 0.15) is 95.6 Å². The fraction of sp³-hybridized carbons (Fsp3) is 0.509. The van der Waals surface area contributed by atoms with Gasteiger partial charge >= 0.3 is 0 Å². The van der Waals surface area contributed by atoms with Crippen LogP contribution in [0.3, 0.4) is 0 Å². The Labute approximate surface area is 724 Å². The Hall–Kier alpha value is 7.68. The molecule has 0 bridgehead atoms. The fourth-order valence-electron chi connectivity index (χ4n) is 13.3. The number of aromatic nitrogens is 10. The molecule has 2 N–H and O–H groups in total. The van der Waals surface area contributed by atoms with Gasteiger partial charge in [0, 0.05) is 86.7 Å². The number of aryl methyl sites for hydroxylation is 2. The van der Waals surface area contributed by atoms with Gasteiger partial charge in [0.05, 0.1) is 112 Å². The second kappa shape index (κ2) is 50.7. The molecule has 2 aromatic carbocycles. The summed E-state index contributed by atoms with van der Waals surface area (Å²) in [5, 5.41) is 24.6. The quantitative estimate of drug-likeness (QED) is 0.0390. The monoisotopic (exact) mass is 2140 g/mol. The molecule has 4 fully saturated rings. The first-order valence-corrected chi connectivity index (χ1v) is 91.9. The zero-order valence-electron chi connectivity index (χ0n) is 61.7. The van der Waals surface area contributed by atoms with Crippen LogP contribution in [0.15, 0.2) is 48.5 Å². The Kier molecular flexibility index (Phi) is 46.1. The number of nitrogens with one attached hydrogen (secondary N) is 1. The minimum atomic E-state index is -0.0589. The van der Waals surface area contributed by atoms with Crippen LogP contribution in [0.2, 0.25) is 15.7 Å². The van der Waals surface area contributed by atoms with Gasteiger partial charge in [-0.15, -0.1) is 143 Å². The highest BCUT2D eigenvalue weighted by Gasteiger charge is 2.51. The molecule has 0 saturated carbocycles. The molecule has 0 aliphatic carbocycles. The van der Waals surface area contributed by atoms with Crippen molar-refractivity contribution in [2.75, 3.05) is 114 Å². The average molecular weight is 2150 g/mol. The maximum atomic E-state index is 7.94. The number of nitrogens with zero attached hydrogens (tertiary/aromatic N) is 13. The van der Waals surface area contributed by atoms with Gasteiger partial charge in [-0.25, -0.2) is 24.9 Å². The molecule has 0 spiro atoms. The van der Waals surface area contributed by atoms with E-state index in [0.29, 0.717) is 37.6 Å². The van der Waals surface area contributed by atoms with Crippen LogP contribution in [0.5, 0.6) is 0 Å². The summed E-state index contributed by atoms with van der Waals surface area (Å²) in [5.74, 6) is 3.24. The maximum Gasteiger partial charge on any atom is 0.224 e. The number of morpholine rings is 2. The number of rotatable bonds is 21. The molecule has 20 nitrogen and oxygen atoms in total. The third-order valence-electron chi connectivity index (χ3n) is 18.0. The number of benzene rings is 2. The van der Waals surface area contributed by atoms with E-state index in [9.17, 15) is 0 Å². The second-order valence-corrected chi connectivity index (χ2v) is 150. The van der Waals surface area contributed by atoms with Crippen LogP contribution in [0.4, 0.5) is 17.5 Å². The molecule has 54 heteroatoms. The van der Waals surface area contributed by atoms with Gasteiger partial charge in [-0.3, -0.25) is 0 Å². The lowest BCUT2D eigenvalue weighted by atomic mass is 9.98. The van der Waals surface area contributed by atoms with Crippen LogP contribution >= 0.6 is 283 Å². The van der Waals surface area contributed by atoms with E-state index >= 15 is 0 Å². The number of piperidine rings is 2. The van der Waals surface area contributed by atoms with Crippen molar-refractivity contribution < 1.29 is 28.8 Å². The van der Waals surface area contributed by atoms with Crippen molar-refractivity contribution in [1.82, 2.24) is 54.4 Å². The van der Waals surface area contributed by atoms with Crippen LogP contribution in [-0.2, 0) is 49.7 Å². The van der Waals surface area contributed by atoms with E-state index in [1.54, 1.807) is 7.11 Å². The van der Waals surface area contributed by atoms with Crippen molar-refractivity contribution in [3.05, 3.63) is 109 Å². The summed E-state index contributed by atoms with van der Waals surface area (Å²) in [6.45, 7) is 15.6. The highest BCUT2D eigenvalue weighted by Crippen LogP contribution is 3.39. The molecule has 6 aliphatic rings. The highest BCUT2D eigenvalue weighted by molar-refractivity contribution is 9.44. The first-order valence-electron chi connectivity index (χ1n) is 34.9. The number of halogens is 3. The van der Waals surface area contributed by atoms with Gasteiger partial charge in [0.15, 0.2) is 11.3 Å². The second-order valence-electron chi connectivity index (χ2n) is 25.4. The number of methoxy groups -OCH3 is 1. The normalized spacial score (nSPS) is 18.8. The van der Waals surface area contributed by atoms with Crippen molar-refractivity contribution in [3.63, 3.8) is 0 Å². The van der Waals surface area contributed by atoms with Gasteiger partial charge in [-0.05, 0) is 197 Å². The van der Waals surface area contributed by atoms with Crippen molar-refractivity contribution in [2.24, 2.45) is 0 Å². The van der Waals surface area contributed by atoms with Gasteiger partial charge in [0.25, 0.3) is 0 Å². The van der Waals surface area contributed by atoms with Crippen LogP contribution in [0, 0.1) is 13.8 Å². The Morgan fingerprint density at radius 2 is 0.991 bits per heavy atom. The Morgan fingerprint density at radius 1 is 0.532 bits per heavy atom. The smallest absolute Gasteiger partial charge is 0.224 e. The first-order chi connectivity index (χ1) is 53.3. The van der Waals surface area contributed by atoms with Gasteiger partial charge in [0.1, 0.15) is 22.6 Å². The van der Waals surface area contributed by atoms with E-state index in [-0.39, 0.29) is 121 Å². The fourth-order valence-corrected chi connectivity index (χ4v) is 421. The summed E-state index contributed by atoms with van der Waals surface area (Å²) in [6, 6.07) is 16.6. The summed E-state index contributed by atoms with van der Waals surface area (Å²) in [5.41, 5.74) is 12.4. The largest absolute Gasteiger partial charge is 0.394 e. The molecule has 22 atom stereocenters. The molecule has 22 unspecified atom stereocenters. The third kappa shape index (κ3) is 27.2. The minimum absolute atomic E-state index is 0.0336. The van der Waals surface area contributed by atoms with E-state index in [1.807, 2.05) is 37.3 Å². The van der Waals surface area contributed by atoms with E-state index in [2.05, 4.69) is 217 Å². The third-order valence-corrected chi connectivity index (χ3v) is 224. The van der Waals surface area contributed by atoms with Crippen molar-refractivity contribution >= 4 is 334 Å². The molecule has 0 radical (unpaired) electrons. The standard InChI is InChI=1S/C27H30ClN7O2.C18H25N5O2.C9H6Cl2N2.C3H8O2.H33P31/c1-17-5-4-6-19-24(17)25(31-27(28)30-19)34-9-3-2-7-22(34)20-15-23-29-21-16-37-12-8-18(21)26(35(23)32-20)33-10-13-36-14-11-33;1-2-5-19-14(3-1)15-11-17-20-16-12-25-8-4-13(16)18(23(17)21-15)22-6-9-24-10-7-22;1-5-3-2-4-6-7(5)8(10)13-9(11)12-6;1-5-3-2-4;1-17-25(16)29(24(14)15)31(28(22(10)11)23(12)13)30(26(18(2)3)19(4)5)27(20(6)7)21(8)9/h4-6,15,22H,2-3,7-14,16H2,1H3;11,14,19H,1-10,12H2;2-4H,1H3;4H,2-3H2,1H3;17H,1-16H2. The summed E-state index contributed by atoms with van der Waals surface area (Å²) >= 11 is 18.0. The molecule has 12 heterocycles. The molecule has 14 rings (SSSR count). The lowest BCUT2D eigenvalue weighted by molar-refractivity contribution is 0.106. The molecule has 111 heavy (non-hydrogen) atoms. The summed E-state index contributed by atoms with van der Waals surface area (Å²) in [6.07, 6.45) is 8.66. The lowest BCUT2D eigenvalue weighted by Crippen LogP contribution is -2.39. The SMILES string of the molecule is COCCO.Cc1cccc2nc(Cl)nc(Cl)c12.Cc1cccc2nc(Cl)nc(N3CCCCC3c3cc4nc5c(c(N6CCOCC6)n4n3)CCOC5)c12.PPP(P)P(P(P)P)P(P(P(P)P)P(P)P)P(P(P(P)P)P(P)P)P(P(P)P)P(P)P.c1c(C2CCCCN2)nn2c(N3CCOCC3)c3c(nc12)COCC3. The van der Waals surface area contributed by atoms with Crippen LogP contribution < -0.4 is 20.0 Å². The Morgan fingerprint density at radius 3 is 1.45 bits per heavy atom. The minimum Gasteiger partial charge on any atom is -0.394 e. The zero-order chi connectivity index (χ0) is 79.9. The average Bonchev–Trinajstić information content (AvgIpc) is 1.70. The topological polar surface area (TPSA) is 200 Å². The van der Waals surface area contributed by atoms with E-state index in [1.165, 1.54) is 29.8 Å². The van der Waals surface area contributed by atoms with Gasteiger partial charge < -0.3 is 48.8 Å². The number of hydrogen-bond acceptors (Lipinski definition) is 18. The van der Waals surface area contributed by atoms with Crippen LogP contribution in [0.25, 0.3) is 33.1 Å². The predicted octanol–water partition coefficient (Wildman–Crippen LogP) is 26.5. The van der Waals surface area contributed by atoms with Gasteiger partial charge in [0.2, 0.25) is 10.6 Å². The summed E-state index contributed by atoms with van der Waals surface area (Å²) in [4.78, 5) is 34.3.